The zero-order valence-electron chi connectivity index (χ0n) is 11.7. The Balaban J connectivity index is 1.61. The van der Waals surface area contributed by atoms with Gasteiger partial charge in [-0.2, -0.15) is 0 Å². The van der Waals surface area contributed by atoms with E-state index in [-0.39, 0.29) is 18.3 Å². The molecule has 7 heteroatoms. The van der Waals surface area contributed by atoms with Gasteiger partial charge in [0.05, 0.1) is 18.5 Å². The van der Waals surface area contributed by atoms with E-state index in [9.17, 15) is 13.9 Å². The maximum atomic E-state index is 13.5. The maximum Gasteiger partial charge on any atom is 0.225 e. The van der Waals surface area contributed by atoms with Crippen LogP contribution in [0.4, 0.5) is 14.7 Å². The van der Waals surface area contributed by atoms with Gasteiger partial charge in [-0.3, -0.25) is 0 Å². The number of rotatable bonds is 4. The molecule has 0 saturated carbocycles. The number of anilines is 1. The fourth-order valence-electron chi connectivity index (χ4n) is 2.27. The quantitative estimate of drug-likeness (QED) is 0.935. The molecule has 1 aromatic carbocycles. The van der Waals surface area contributed by atoms with Crippen LogP contribution < -0.4 is 9.64 Å². The minimum atomic E-state index is -0.649. The average molecular weight is 307 g/mol. The van der Waals surface area contributed by atoms with Gasteiger partial charge in [-0.25, -0.2) is 18.7 Å². The Hall–Kier alpha value is -2.28. The lowest BCUT2D eigenvalue weighted by Crippen LogP contribution is -2.23. The summed E-state index contributed by atoms with van der Waals surface area (Å²) in [6.07, 6.45) is 3.34. The number of hydrogen-bond donors (Lipinski definition) is 1. The molecule has 0 unspecified atom stereocenters. The summed E-state index contributed by atoms with van der Waals surface area (Å²) in [5.74, 6) is -0.352. The Labute approximate surface area is 126 Å². The molecule has 22 heavy (non-hydrogen) atoms. The third kappa shape index (κ3) is 3.30. The van der Waals surface area contributed by atoms with Gasteiger partial charge >= 0.3 is 0 Å². The molecule has 0 amide bonds. The van der Waals surface area contributed by atoms with Crippen LogP contribution in [-0.2, 0) is 6.61 Å². The highest BCUT2D eigenvalue weighted by molar-refractivity contribution is 5.33. The van der Waals surface area contributed by atoms with Gasteiger partial charge in [0.25, 0.3) is 0 Å². The number of nitrogens with zero attached hydrogens (tertiary/aromatic N) is 3. The van der Waals surface area contributed by atoms with Crippen molar-refractivity contribution < 1.29 is 18.6 Å². The van der Waals surface area contributed by atoms with Gasteiger partial charge in [-0.1, -0.05) is 0 Å². The molecule has 1 aromatic heterocycles. The van der Waals surface area contributed by atoms with Crippen molar-refractivity contribution >= 4 is 5.95 Å². The predicted octanol–water partition coefficient (Wildman–Crippen LogP) is 1.90. The molecule has 2 aromatic rings. The molecule has 0 spiro atoms. The molecule has 5 nitrogen and oxygen atoms in total. The smallest absolute Gasteiger partial charge is 0.225 e. The third-order valence-corrected chi connectivity index (χ3v) is 3.47. The Morgan fingerprint density at radius 2 is 2.05 bits per heavy atom. The first-order chi connectivity index (χ1) is 10.6. The van der Waals surface area contributed by atoms with E-state index >= 15 is 0 Å². The highest BCUT2D eigenvalue weighted by Crippen LogP contribution is 2.18. The Kier molecular flexibility index (Phi) is 4.15. The first kappa shape index (κ1) is 14.6. The number of benzene rings is 1. The van der Waals surface area contributed by atoms with E-state index in [4.69, 9.17) is 4.74 Å². The summed E-state index contributed by atoms with van der Waals surface area (Å²) in [5, 5.41) is 9.49. The maximum absolute atomic E-state index is 13.5. The number of aliphatic hydroxyl groups is 1. The molecule has 1 aliphatic heterocycles. The van der Waals surface area contributed by atoms with E-state index in [1.54, 1.807) is 0 Å². The summed E-state index contributed by atoms with van der Waals surface area (Å²) in [7, 11) is 0. The van der Waals surface area contributed by atoms with Gasteiger partial charge in [0.2, 0.25) is 5.95 Å². The lowest BCUT2D eigenvalue weighted by molar-refractivity contribution is 0.198. The van der Waals surface area contributed by atoms with Crippen LogP contribution in [0.2, 0.25) is 0 Å². The number of ether oxygens (including phenoxy) is 1. The van der Waals surface area contributed by atoms with Crippen LogP contribution in [0.15, 0.2) is 30.6 Å². The Morgan fingerprint density at radius 3 is 2.68 bits per heavy atom. The van der Waals surface area contributed by atoms with Crippen LogP contribution in [0.3, 0.4) is 0 Å². The van der Waals surface area contributed by atoms with Crippen LogP contribution in [0, 0.1) is 11.6 Å². The second kappa shape index (κ2) is 6.23. The van der Waals surface area contributed by atoms with Crippen molar-refractivity contribution in [1.82, 2.24) is 9.97 Å². The topological polar surface area (TPSA) is 58.5 Å². The normalized spacial score (nSPS) is 17.8. The highest BCUT2D eigenvalue weighted by atomic mass is 19.1. The number of hydrogen-bond acceptors (Lipinski definition) is 5. The van der Waals surface area contributed by atoms with E-state index < -0.39 is 11.6 Å². The molecular weight excluding hydrogens is 292 g/mol. The molecule has 1 fully saturated rings. The molecule has 3 rings (SSSR count). The molecule has 1 aliphatic rings. The Bertz CT molecular complexity index is 652. The van der Waals surface area contributed by atoms with Crippen LogP contribution in [0.1, 0.15) is 12.0 Å². The van der Waals surface area contributed by atoms with Gasteiger partial charge in [-0.05, 0) is 18.6 Å². The third-order valence-electron chi connectivity index (χ3n) is 3.47. The summed E-state index contributed by atoms with van der Waals surface area (Å²) in [6.45, 7) is 1.19. The fourth-order valence-corrected chi connectivity index (χ4v) is 2.27. The average Bonchev–Trinajstić information content (AvgIpc) is 2.93. The number of aliphatic hydroxyl groups excluding tert-OH is 1. The van der Waals surface area contributed by atoms with Crippen molar-refractivity contribution in [3.05, 3.63) is 47.8 Å². The van der Waals surface area contributed by atoms with Crippen molar-refractivity contribution in [2.24, 2.45) is 0 Å². The molecule has 1 atom stereocenters. The van der Waals surface area contributed by atoms with E-state index in [0.29, 0.717) is 31.2 Å². The van der Waals surface area contributed by atoms with Gasteiger partial charge < -0.3 is 14.7 Å². The standard InChI is InChI=1S/C15H15F2N3O2/c16-11-2-1-10(14(17)5-11)9-22-13-6-18-15(19-7-13)20-4-3-12(21)8-20/h1-2,5-7,12,21H,3-4,8-9H2/t12-/m1/s1. The first-order valence-electron chi connectivity index (χ1n) is 6.93. The Morgan fingerprint density at radius 1 is 1.27 bits per heavy atom. The second-order valence-corrected chi connectivity index (χ2v) is 5.13. The molecule has 1 saturated heterocycles. The van der Waals surface area contributed by atoms with E-state index in [1.165, 1.54) is 24.5 Å². The molecule has 1 N–H and O–H groups in total. The van der Waals surface area contributed by atoms with Crippen LogP contribution in [0.25, 0.3) is 0 Å². The van der Waals surface area contributed by atoms with E-state index in [1.807, 2.05) is 4.90 Å². The zero-order valence-corrected chi connectivity index (χ0v) is 11.7. The van der Waals surface area contributed by atoms with Gasteiger partial charge in [-0.15, -0.1) is 0 Å². The van der Waals surface area contributed by atoms with Crippen molar-refractivity contribution in [2.75, 3.05) is 18.0 Å². The first-order valence-corrected chi connectivity index (χ1v) is 6.93. The molecule has 0 radical (unpaired) electrons. The van der Waals surface area contributed by atoms with E-state index in [0.717, 1.165) is 6.07 Å². The fraction of sp³-hybridized carbons (Fsp3) is 0.333. The number of β-amino-alcohol motifs (C(OH)–C–C–N with tert-alkyl or cyclic N) is 1. The summed E-state index contributed by atoms with van der Waals surface area (Å²) in [5.41, 5.74) is 0.258. The summed E-state index contributed by atoms with van der Waals surface area (Å²) in [4.78, 5) is 10.2. The molecule has 2 heterocycles. The van der Waals surface area contributed by atoms with E-state index in [2.05, 4.69) is 9.97 Å². The largest absolute Gasteiger partial charge is 0.486 e. The number of aromatic nitrogens is 2. The van der Waals surface area contributed by atoms with Gasteiger partial charge in [0.1, 0.15) is 18.2 Å². The molecule has 0 bridgehead atoms. The minimum Gasteiger partial charge on any atom is -0.486 e. The molecular formula is C15H15F2N3O2. The molecule has 116 valence electrons. The highest BCUT2D eigenvalue weighted by Gasteiger charge is 2.22. The van der Waals surface area contributed by atoms with Crippen LogP contribution in [-0.4, -0.2) is 34.3 Å². The SMILES string of the molecule is O[C@@H]1CCN(c2ncc(OCc3ccc(F)cc3F)cn2)C1. The van der Waals surface area contributed by atoms with Gasteiger partial charge in [0.15, 0.2) is 5.75 Å². The lowest BCUT2D eigenvalue weighted by atomic mass is 10.2. The van der Waals surface area contributed by atoms with Crippen LogP contribution >= 0.6 is 0 Å². The zero-order chi connectivity index (χ0) is 15.5. The predicted molar refractivity (Wildman–Crippen MR) is 75.6 cm³/mol. The summed E-state index contributed by atoms with van der Waals surface area (Å²) in [6, 6.07) is 3.34. The summed E-state index contributed by atoms with van der Waals surface area (Å²) < 4.78 is 31.7. The lowest BCUT2D eigenvalue weighted by Gasteiger charge is -2.15. The molecule has 0 aliphatic carbocycles. The van der Waals surface area contributed by atoms with Crippen LogP contribution in [0.5, 0.6) is 5.75 Å². The second-order valence-electron chi connectivity index (χ2n) is 5.13. The van der Waals surface area contributed by atoms with Crippen molar-refractivity contribution in [3.8, 4) is 5.75 Å². The van der Waals surface area contributed by atoms with Crippen molar-refractivity contribution in [2.45, 2.75) is 19.1 Å². The van der Waals surface area contributed by atoms with Crippen molar-refractivity contribution in [1.29, 1.82) is 0 Å². The van der Waals surface area contributed by atoms with Crippen molar-refractivity contribution in [3.63, 3.8) is 0 Å². The monoisotopic (exact) mass is 307 g/mol. The van der Waals surface area contributed by atoms with Gasteiger partial charge in [0, 0.05) is 24.7 Å². The summed E-state index contributed by atoms with van der Waals surface area (Å²) >= 11 is 0. The minimum absolute atomic E-state index is 0.0305. The number of halogens is 2.